The van der Waals surface area contributed by atoms with Crippen molar-refractivity contribution in [3.05, 3.63) is 88.7 Å². The lowest BCUT2D eigenvalue weighted by Gasteiger charge is -2.33. The number of halogens is 1. The first-order valence-electron chi connectivity index (χ1n) is 12.5. The van der Waals surface area contributed by atoms with Gasteiger partial charge in [0.15, 0.2) is 11.5 Å². The van der Waals surface area contributed by atoms with Crippen LogP contribution in [-0.4, -0.2) is 49.2 Å². The Kier molecular flexibility index (Phi) is 8.51. The number of methoxy groups -OCH3 is 2. The zero-order valence-corrected chi connectivity index (χ0v) is 21.8. The summed E-state index contributed by atoms with van der Waals surface area (Å²) in [7, 11) is 3.13. The quantitative estimate of drug-likeness (QED) is 0.411. The molecule has 1 amide bonds. The van der Waals surface area contributed by atoms with E-state index in [2.05, 4.69) is 6.92 Å². The maximum Gasteiger partial charge on any atom is 0.323 e. The van der Waals surface area contributed by atoms with Crippen LogP contribution in [0.25, 0.3) is 0 Å². The number of carbonyl (C=O) groups excluding carboxylic acids is 1. The topological polar surface area (TPSA) is 85.3 Å². The smallest absolute Gasteiger partial charge is 0.323 e. The van der Waals surface area contributed by atoms with Gasteiger partial charge < -0.3 is 24.2 Å². The summed E-state index contributed by atoms with van der Waals surface area (Å²) in [6.45, 7) is 1.96. The van der Waals surface area contributed by atoms with Crippen LogP contribution in [0.2, 0.25) is 0 Å². The van der Waals surface area contributed by atoms with E-state index in [0.29, 0.717) is 24.3 Å². The van der Waals surface area contributed by atoms with Gasteiger partial charge in [-0.05, 0) is 65.4 Å². The average Bonchev–Trinajstić information content (AvgIpc) is 2.90. The number of nitrogens with zero attached hydrogens (tertiary/aromatic N) is 1. The summed E-state index contributed by atoms with van der Waals surface area (Å²) >= 11 is 0. The lowest BCUT2D eigenvalue weighted by Crippen LogP contribution is -2.38. The number of rotatable bonds is 10. The minimum atomic E-state index is -1.06. The summed E-state index contributed by atoms with van der Waals surface area (Å²) in [5, 5.41) is 9.40. The molecule has 8 heteroatoms. The minimum Gasteiger partial charge on any atom is -0.497 e. The third kappa shape index (κ3) is 6.43. The molecular formula is C30H32FNO6. The zero-order chi connectivity index (χ0) is 27.2. The van der Waals surface area contributed by atoms with Gasteiger partial charge in [-0.2, -0.15) is 0 Å². The highest BCUT2D eigenvalue weighted by atomic mass is 19.1. The number of fused-ring (bicyclic) bond motifs is 1. The number of hydrogen-bond donors (Lipinski definition) is 1. The van der Waals surface area contributed by atoms with E-state index in [1.54, 1.807) is 32.4 Å². The van der Waals surface area contributed by atoms with Gasteiger partial charge in [0.2, 0.25) is 5.91 Å². The van der Waals surface area contributed by atoms with Gasteiger partial charge in [0, 0.05) is 12.5 Å². The van der Waals surface area contributed by atoms with Crippen LogP contribution in [0.3, 0.4) is 0 Å². The number of carbonyl (C=O) groups is 2. The van der Waals surface area contributed by atoms with Crippen molar-refractivity contribution in [3.8, 4) is 17.2 Å². The van der Waals surface area contributed by atoms with Gasteiger partial charge in [0.1, 0.15) is 24.2 Å². The Morgan fingerprint density at radius 3 is 2.37 bits per heavy atom. The molecule has 1 N–H and O–H groups in total. The number of ether oxygens (including phenoxy) is 3. The minimum absolute atomic E-state index is 0.0370. The Hall–Kier alpha value is -4.07. The Labute approximate surface area is 221 Å². The fraction of sp³-hybridized carbons (Fsp3) is 0.333. The van der Waals surface area contributed by atoms with Gasteiger partial charge in [-0.15, -0.1) is 0 Å². The van der Waals surface area contributed by atoms with Gasteiger partial charge in [0.05, 0.1) is 20.6 Å². The molecule has 0 radical (unpaired) electrons. The summed E-state index contributed by atoms with van der Waals surface area (Å²) in [6.07, 6.45) is 0.988. The predicted molar refractivity (Wildman–Crippen MR) is 140 cm³/mol. The molecule has 7 nitrogen and oxygen atoms in total. The maximum absolute atomic E-state index is 13.4. The number of carboxylic acid groups (broad SMARTS) is 1. The molecule has 1 aliphatic heterocycles. The molecule has 38 heavy (non-hydrogen) atoms. The monoisotopic (exact) mass is 521 g/mol. The van der Waals surface area contributed by atoms with Crippen LogP contribution in [0.5, 0.6) is 17.2 Å². The maximum atomic E-state index is 13.4. The SMILES string of the molecule is COc1ccc(CCN(CC(=O)O)C(=O)Cc2cc3c(c(OC)c2)O[C@@H](c2ccc(F)cc2)[C@H](C)C3)cc1. The van der Waals surface area contributed by atoms with Crippen LogP contribution in [0, 0.1) is 11.7 Å². The van der Waals surface area contributed by atoms with E-state index in [0.717, 1.165) is 28.0 Å². The van der Waals surface area contributed by atoms with Crippen LogP contribution < -0.4 is 14.2 Å². The molecule has 0 bridgehead atoms. The van der Waals surface area contributed by atoms with Crippen LogP contribution in [0.15, 0.2) is 60.7 Å². The molecule has 4 rings (SSSR count). The van der Waals surface area contributed by atoms with Crippen molar-refractivity contribution in [2.45, 2.75) is 32.3 Å². The second-order valence-electron chi connectivity index (χ2n) is 9.54. The van der Waals surface area contributed by atoms with E-state index in [-0.39, 0.29) is 43.3 Å². The van der Waals surface area contributed by atoms with E-state index in [9.17, 15) is 19.1 Å². The van der Waals surface area contributed by atoms with E-state index >= 15 is 0 Å². The number of benzene rings is 3. The van der Waals surface area contributed by atoms with E-state index in [4.69, 9.17) is 14.2 Å². The Morgan fingerprint density at radius 2 is 1.74 bits per heavy atom. The van der Waals surface area contributed by atoms with Crippen molar-refractivity contribution >= 4 is 11.9 Å². The van der Waals surface area contributed by atoms with Crippen LogP contribution in [-0.2, 0) is 28.9 Å². The van der Waals surface area contributed by atoms with Gasteiger partial charge in [0.25, 0.3) is 0 Å². The molecular weight excluding hydrogens is 489 g/mol. The van der Waals surface area contributed by atoms with E-state index < -0.39 is 5.97 Å². The molecule has 0 saturated heterocycles. The second kappa shape index (κ2) is 12.0. The zero-order valence-electron chi connectivity index (χ0n) is 21.8. The fourth-order valence-electron chi connectivity index (χ4n) is 4.81. The van der Waals surface area contributed by atoms with Crippen LogP contribution in [0.1, 0.15) is 35.3 Å². The first-order valence-corrected chi connectivity index (χ1v) is 12.5. The summed E-state index contributed by atoms with van der Waals surface area (Å²) < 4.78 is 30.5. The largest absolute Gasteiger partial charge is 0.497 e. The molecule has 0 spiro atoms. The van der Waals surface area contributed by atoms with Crippen LogP contribution in [0.4, 0.5) is 4.39 Å². The van der Waals surface area contributed by atoms with Crippen molar-refractivity contribution in [2.24, 2.45) is 5.92 Å². The van der Waals surface area contributed by atoms with Crippen molar-refractivity contribution < 1.29 is 33.3 Å². The van der Waals surface area contributed by atoms with Crippen molar-refractivity contribution in [1.82, 2.24) is 4.90 Å². The van der Waals surface area contributed by atoms with Crippen LogP contribution >= 0.6 is 0 Å². The molecule has 3 aromatic carbocycles. The molecule has 0 unspecified atom stereocenters. The van der Waals surface area contributed by atoms with Crippen molar-refractivity contribution in [2.75, 3.05) is 27.3 Å². The van der Waals surface area contributed by atoms with Crippen molar-refractivity contribution in [3.63, 3.8) is 0 Å². The van der Waals surface area contributed by atoms with Gasteiger partial charge in [-0.1, -0.05) is 37.3 Å². The van der Waals surface area contributed by atoms with Gasteiger partial charge >= 0.3 is 5.97 Å². The lowest BCUT2D eigenvalue weighted by atomic mass is 9.87. The first kappa shape index (κ1) is 27.0. The predicted octanol–water partition coefficient (Wildman–Crippen LogP) is 4.85. The molecule has 1 heterocycles. The Balaban J connectivity index is 1.50. The number of carboxylic acids is 1. The molecule has 0 fully saturated rings. The van der Waals surface area contributed by atoms with Crippen molar-refractivity contribution in [1.29, 1.82) is 0 Å². The third-order valence-corrected chi connectivity index (χ3v) is 6.78. The lowest BCUT2D eigenvalue weighted by molar-refractivity contribution is -0.144. The summed E-state index contributed by atoms with van der Waals surface area (Å²) in [5.41, 5.74) is 3.50. The summed E-state index contributed by atoms with van der Waals surface area (Å²) in [4.78, 5) is 26.1. The average molecular weight is 522 g/mol. The normalized spacial score (nSPS) is 16.2. The third-order valence-electron chi connectivity index (χ3n) is 6.78. The highest BCUT2D eigenvalue weighted by Gasteiger charge is 2.31. The molecule has 0 aliphatic carbocycles. The standard InChI is InChI=1S/C30H32FNO6/c1-19-14-23-15-21(16-26(37-3)30(23)38-29(19)22-6-8-24(31)9-7-22)17-27(33)32(18-28(34)35)13-12-20-4-10-25(36-2)11-5-20/h4-11,15-16,19,29H,12-14,17-18H2,1-3H3,(H,34,35)/t19-,29-/m1/s1. The summed E-state index contributed by atoms with van der Waals surface area (Å²) in [6, 6.07) is 17.5. The van der Waals surface area contributed by atoms with E-state index in [1.165, 1.54) is 17.0 Å². The summed E-state index contributed by atoms with van der Waals surface area (Å²) in [5.74, 6) is 0.310. The highest BCUT2D eigenvalue weighted by molar-refractivity contribution is 5.83. The number of hydrogen-bond acceptors (Lipinski definition) is 5. The van der Waals surface area contributed by atoms with Gasteiger partial charge in [-0.3, -0.25) is 9.59 Å². The molecule has 3 aromatic rings. The molecule has 0 aromatic heterocycles. The molecule has 2 atom stereocenters. The first-order chi connectivity index (χ1) is 18.3. The fourth-order valence-corrected chi connectivity index (χ4v) is 4.81. The molecule has 0 saturated carbocycles. The Bertz CT molecular complexity index is 1280. The van der Waals surface area contributed by atoms with Gasteiger partial charge in [-0.25, -0.2) is 4.39 Å². The Morgan fingerprint density at radius 1 is 1.03 bits per heavy atom. The number of aliphatic carboxylic acids is 1. The molecule has 200 valence electrons. The number of amides is 1. The molecule has 1 aliphatic rings. The second-order valence-corrected chi connectivity index (χ2v) is 9.54. The highest BCUT2D eigenvalue weighted by Crippen LogP contribution is 2.44. The van der Waals surface area contributed by atoms with E-state index in [1.807, 2.05) is 30.3 Å².